The predicted molar refractivity (Wildman–Crippen MR) is 136 cm³/mol. The Kier molecular flexibility index (Phi) is 15.9. The number of hydrogen-bond donors (Lipinski definition) is 0. The average molecular weight is 474 g/mol. The Hall–Kier alpha value is 0.0795. The summed E-state index contributed by atoms with van der Waals surface area (Å²) in [6.07, 6.45) is 5.60. The molecule has 172 valence electrons. The van der Waals surface area contributed by atoms with E-state index in [2.05, 4.69) is 73.6 Å². The van der Waals surface area contributed by atoms with Crippen LogP contribution in [0.15, 0.2) is 48.5 Å². The van der Waals surface area contributed by atoms with Gasteiger partial charge in [-0.15, -0.1) is 26.5 Å². The first-order chi connectivity index (χ1) is 13.2. The maximum atomic E-state index is 2.47. The average Bonchev–Trinajstić information content (AvgIpc) is 3.26. The second kappa shape index (κ2) is 15.8. The molecule has 0 atom stereocenters. The van der Waals surface area contributed by atoms with E-state index in [9.17, 15) is 0 Å². The van der Waals surface area contributed by atoms with Gasteiger partial charge in [-0.25, -0.2) is 12.1 Å². The third-order valence-electron chi connectivity index (χ3n) is 4.35. The third-order valence-corrected chi connectivity index (χ3v) is 11.4. The minimum absolute atomic E-state index is 0. The monoisotopic (exact) mass is 474 g/mol. The predicted octanol–water partition coefficient (Wildman–Crippen LogP) is 7.65. The fourth-order valence-electron chi connectivity index (χ4n) is 3.56. The van der Waals surface area contributed by atoms with E-state index in [0.29, 0.717) is 0 Å². The Morgan fingerprint density at radius 2 is 1.07 bits per heavy atom. The standard InChI is InChI=1S/C21H39P2.C5H5.Fe/c1-16(2)12-22(13-17(3)4)20-10-9-11-21(20)23(14-18(5)6)15-19(7)8;1-2-4-5-3-1;/h9-11,16-19H,12-15H2,1-8H3;1-5H;/q-1;-5;. The third kappa shape index (κ3) is 12.5. The van der Waals surface area contributed by atoms with E-state index in [4.69, 9.17) is 0 Å². The molecule has 0 amide bonds. The molecule has 29 heavy (non-hydrogen) atoms. The van der Waals surface area contributed by atoms with Gasteiger partial charge in [-0.1, -0.05) is 55.4 Å². The van der Waals surface area contributed by atoms with Crippen molar-refractivity contribution in [2.75, 3.05) is 24.6 Å². The van der Waals surface area contributed by atoms with Gasteiger partial charge in [0, 0.05) is 17.1 Å². The molecular formula is C26H44FeP2-6. The fraction of sp³-hybridized carbons (Fsp3) is 0.615. The van der Waals surface area contributed by atoms with Gasteiger partial charge in [0.05, 0.1) is 0 Å². The summed E-state index contributed by atoms with van der Waals surface area (Å²) in [5, 5.41) is 3.52. The first-order valence-electron chi connectivity index (χ1n) is 11.1. The van der Waals surface area contributed by atoms with Gasteiger partial charge in [0.25, 0.3) is 0 Å². The Morgan fingerprint density at radius 1 is 0.690 bits per heavy atom. The van der Waals surface area contributed by atoms with E-state index in [1.54, 1.807) is 10.6 Å². The molecule has 2 aromatic carbocycles. The Balaban J connectivity index is 0.00000113. The van der Waals surface area contributed by atoms with E-state index in [1.165, 1.54) is 24.6 Å². The first-order valence-corrected chi connectivity index (χ1v) is 14.5. The van der Waals surface area contributed by atoms with Crippen LogP contribution in [0.5, 0.6) is 0 Å². The van der Waals surface area contributed by atoms with Gasteiger partial charge >= 0.3 is 0 Å². The molecule has 0 aromatic heterocycles. The zero-order valence-electron chi connectivity index (χ0n) is 20.0. The zero-order chi connectivity index (χ0) is 21.1. The number of rotatable bonds is 10. The molecule has 0 aliphatic carbocycles. The van der Waals surface area contributed by atoms with Crippen LogP contribution in [-0.2, 0) is 17.1 Å². The van der Waals surface area contributed by atoms with Gasteiger partial charge in [0.15, 0.2) is 0 Å². The van der Waals surface area contributed by atoms with E-state index < -0.39 is 0 Å². The van der Waals surface area contributed by atoms with Crippen molar-refractivity contribution < 1.29 is 17.1 Å². The molecule has 0 unspecified atom stereocenters. The molecule has 3 heteroatoms. The molecule has 0 bridgehead atoms. The Labute approximate surface area is 195 Å². The Morgan fingerprint density at radius 3 is 1.41 bits per heavy atom. The molecular weight excluding hydrogens is 430 g/mol. The van der Waals surface area contributed by atoms with Crippen LogP contribution in [0, 0.1) is 23.7 Å². The van der Waals surface area contributed by atoms with Crippen molar-refractivity contribution >= 4 is 26.5 Å². The van der Waals surface area contributed by atoms with Crippen LogP contribution in [0.1, 0.15) is 55.4 Å². The van der Waals surface area contributed by atoms with Crippen LogP contribution in [0.25, 0.3) is 0 Å². The van der Waals surface area contributed by atoms with Gasteiger partial charge in [-0.05, 0) is 48.3 Å². The van der Waals surface area contributed by atoms with E-state index in [0.717, 1.165) is 23.7 Å². The molecule has 0 saturated heterocycles. The second-order valence-corrected chi connectivity index (χ2v) is 14.2. The van der Waals surface area contributed by atoms with Gasteiger partial charge in [-0.2, -0.15) is 6.07 Å². The quantitative estimate of drug-likeness (QED) is 0.189. The van der Waals surface area contributed by atoms with Crippen molar-refractivity contribution in [2.24, 2.45) is 23.7 Å². The minimum Gasteiger partial charge on any atom is -0.748 e. The SMILES string of the molecule is CC(C)CP(CC(C)C)c1ccc[c-]1P(CC(C)C)CC(C)C.[Fe].[cH-]1[cH-][cH-][cH-][cH-]1. The van der Waals surface area contributed by atoms with Crippen LogP contribution in [0.4, 0.5) is 0 Å². The fourth-order valence-corrected chi connectivity index (χ4v) is 10.4. The molecule has 2 rings (SSSR count). The molecule has 0 heterocycles. The molecule has 0 radical (unpaired) electrons. The molecule has 0 saturated carbocycles. The molecule has 0 aliphatic heterocycles. The molecule has 2 aromatic rings. The van der Waals surface area contributed by atoms with Crippen molar-refractivity contribution in [2.45, 2.75) is 55.4 Å². The summed E-state index contributed by atoms with van der Waals surface area (Å²) in [5.41, 5.74) is 0. The summed E-state index contributed by atoms with van der Waals surface area (Å²) < 4.78 is 0. The smallest absolute Gasteiger partial charge is 0 e. The minimum atomic E-state index is 0. The van der Waals surface area contributed by atoms with Gasteiger partial charge < -0.3 is 30.3 Å². The van der Waals surface area contributed by atoms with Gasteiger partial charge in [-0.3, -0.25) is 0 Å². The summed E-state index contributed by atoms with van der Waals surface area (Å²) in [4.78, 5) is 0. The molecule has 0 fully saturated rings. The Bertz CT molecular complexity index is 520. The maximum Gasteiger partial charge on any atom is 0 e. The van der Waals surface area contributed by atoms with Crippen LogP contribution in [0.2, 0.25) is 0 Å². The van der Waals surface area contributed by atoms with Crippen molar-refractivity contribution in [3.8, 4) is 0 Å². The molecule has 0 spiro atoms. The van der Waals surface area contributed by atoms with Crippen LogP contribution in [-0.4, -0.2) is 24.6 Å². The zero-order valence-corrected chi connectivity index (χ0v) is 22.9. The van der Waals surface area contributed by atoms with Crippen LogP contribution in [0.3, 0.4) is 0 Å². The van der Waals surface area contributed by atoms with Crippen molar-refractivity contribution in [1.82, 2.24) is 0 Å². The normalized spacial score (nSPS) is 11.5. The van der Waals surface area contributed by atoms with E-state index >= 15 is 0 Å². The summed E-state index contributed by atoms with van der Waals surface area (Å²) in [5.74, 6) is 3.24. The summed E-state index contributed by atoms with van der Waals surface area (Å²) in [6, 6.07) is 17.3. The van der Waals surface area contributed by atoms with E-state index in [-0.39, 0.29) is 32.9 Å². The molecule has 0 nitrogen and oxygen atoms in total. The van der Waals surface area contributed by atoms with Crippen LogP contribution < -0.4 is 10.6 Å². The summed E-state index contributed by atoms with van der Waals surface area (Å²) in [7, 11) is 0.0307. The van der Waals surface area contributed by atoms with Crippen LogP contribution >= 0.6 is 15.8 Å². The van der Waals surface area contributed by atoms with Gasteiger partial charge in [0.1, 0.15) is 0 Å². The van der Waals surface area contributed by atoms with Gasteiger partial charge in [0.2, 0.25) is 0 Å². The topological polar surface area (TPSA) is 0 Å². The first kappa shape index (κ1) is 29.1. The van der Waals surface area contributed by atoms with Crippen molar-refractivity contribution in [1.29, 1.82) is 0 Å². The summed E-state index contributed by atoms with van der Waals surface area (Å²) >= 11 is 0. The number of hydrogen-bond acceptors (Lipinski definition) is 0. The maximum absolute atomic E-state index is 2.47. The molecule has 0 N–H and O–H groups in total. The van der Waals surface area contributed by atoms with E-state index in [1.807, 2.05) is 30.3 Å². The largest absolute Gasteiger partial charge is 0.748 e. The van der Waals surface area contributed by atoms with Crippen molar-refractivity contribution in [3.05, 3.63) is 48.5 Å². The summed E-state index contributed by atoms with van der Waals surface area (Å²) in [6.45, 7) is 19.1. The second-order valence-electron chi connectivity index (χ2n) is 9.64. The molecule has 0 aliphatic rings. The van der Waals surface area contributed by atoms with Crippen molar-refractivity contribution in [3.63, 3.8) is 0 Å².